The highest BCUT2D eigenvalue weighted by atomic mass is 16.5. The van der Waals surface area contributed by atoms with Crippen LogP contribution < -0.4 is 0 Å². The third-order valence-electron chi connectivity index (χ3n) is 2.00. The van der Waals surface area contributed by atoms with Gasteiger partial charge < -0.3 is 19.7 Å². The molecule has 0 aliphatic carbocycles. The van der Waals surface area contributed by atoms with Crippen LogP contribution in [0, 0.1) is 5.92 Å². The molecule has 0 aliphatic rings. The monoisotopic (exact) mass is 262 g/mol. The van der Waals surface area contributed by atoms with Crippen molar-refractivity contribution in [1.29, 1.82) is 0 Å². The number of aliphatic carboxylic acids is 1. The molecule has 0 radical (unpaired) electrons. The van der Waals surface area contributed by atoms with Crippen molar-refractivity contribution in [2.75, 3.05) is 6.61 Å². The van der Waals surface area contributed by atoms with Crippen LogP contribution in [-0.2, 0) is 19.1 Å². The van der Waals surface area contributed by atoms with Gasteiger partial charge in [0.1, 0.15) is 11.9 Å². The zero-order valence-corrected chi connectivity index (χ0v) is 11.3. The predicted octanol–water partition coefficient (Wildman–Crippen LogP) is 1.01. The third kappa shape index (κ3) is 11.1. The van der Waals surface area contributed by atoms with E-state index in [4.69, 9.17) is 10.2 Å². The molecule has 0 saturated carbocycles. The first-order chi connectivity index (χ1) is 8.26. The quantitative estimate of drug-likeness (QED) is 0.693. The first kappa shape index (κ1) is 18.9. The van der Waals surface area contributed by atoms with E-state index in [1.54, 1.807) is 13.8 Å². The number of carbonyl (C=O) groups is 3. The molecule has 0 heterocycles. The second-order valence-electron chi connectivity index (χ2n) is 3.78. The second-order valence-corrected chi connectivity index (χ2v) is 3.78. The summed E-state index contributed by atoms with van der Waals surface area (Å²) in [6, 6.07) is 0. The molecule has 6 nitrogen and oxygen atoms in total. The van der Waals surface area contributed by atoms with Gasteiger partial charge in [-0.1, -0.05) is 6.92 Å². The maximum Gasteiger partial charge on any atom is 0.334 e. The van der Waals surface area contributed by atoms with Crippen molar-refractivity contribution in [2.24, 2.45) is 5.92 Å². The average molecular weight is 262 g/mol. The number of carbonyl (C=O) groups excluding carboxylic acids is 2. The van der Waals surface area contributed by atoms with Gasteiger partial charge in [0.05, 0.1) is 12.5 Å². The molecule has 0 aromatic carbocycles. The fourth-order valence-corrected chi connectivity index (χ4v) is 1.02. The van der Waals surface area contributed by atoms with E-state index in [1.807, 2.05) is 0 Å². The summed E-state index contributed by atoms with van der Waals surface area (Å²) in [5, 5.41) is 16.9. The molecular weight excluding hydrogens is 240 g/mol. The van der Waals surface area contributed by atoms with E-state index in [1.165, 1.54) is 13.8 Å². The van der Waals surface area contributed by atoms with Crippen LogP contribution in [0.4, 0.5) is 0 Å². The lowest BCUT2D eigenvalue weighted by Crippen LogP contribution is -2.18. The zero-order chi connectivity index (χ0) is 14.7. The van der Waals surface area contributed by atoms with Crippen molar-refractivity contribution in [3.05, 3.63) is 0 Å². The first-order valence-electron chi connectivity index (χ1n) is 5.83. The van der Waals surface area contributed by atoms with E-state index in [0.29, 0.717) is 13.0 Å². The maximum absolute atomic E-state index is 10.5. The number of hydrogen-bond acceptors (Lipinski definition) is 5. The number of ether oxygens (including phenoxy) is 1. The highest BCUT2D eigenvalue weighted by Gasteiger charge is 2.16. The predicted molar refractivity (Wildman–Crippen MR) is 65.0 cm³/mol. The smallest absolute Gasteiger partial charge is 0.334 e. The number of Topliss-reactive ketones (excluding diaryl/α,β-unsaturated/α-hetero) is 1. The van der Waals surface area contributed by atoms with Gasteiger partial charge >= 0.3 is 11.9 Å². The Kier molecular flexibility index (Phi) is 11.3. The Bertz CT molecular complexity index is 272. The van der Waals surface area contributed by atoms with Gasteiger partial charge in [-0.25, -0.2) is 4.79 Å². The Balaban J connectivity index is 0. The number of hydrogen-bond donors (Lipinski definition) is 2. The molecule has 0 aromatic rings. The molecule has 0 amide bonds. The highest BCUT2D eigenvalue weighted by Crippen LogP contribution is 2.07. The molecule has 6 heteroatoms. The molecule has 2 atom stereocenters. The number of ketones is 1. The fourth-order valence-electron chi connectivity index (χ4n) is 1.02. The normalized spacial score (nSPS) is 12.7. The van der Waals surface area contributed by atoms with E-state index >= 15 is 0 Å². The molecule has 106 valence electrons. The molecule has 0 fully saturated rings. The van der Waals surface area contributed by atoms with Gasteiger partial charge in [-0.3, -0.25) is 4.79 Å². The van der Waals surface area contributed by atoms with Crippen molar-refractivity contribution in [3.8, 4) is 0 Å². The second kappa shape index (κ2) is 10.7. The van der Waals surface area contributed by atoms with Crippen LogP contribution in [0.5, 0.6) is 0 Å². The van der Waals surface area contributed by atoms with Crippen LogP contribution in [0.25, 0.3) is 0 Å². The van der Waals surface area contributed by atoms with Crippen LogP contribution in [-0.4, -0.2) is 40.6 Å². The minimum absolute atomic E-state index is 0.0609. The van der Waals surface area contributed by atoms with E-state index in [9.17, 15) is 14.4 Å². The molecule has 0 aromatic heterocycles. The van der Waals surface area contributed by atoms with E-state index in [2.05, 4.69) is 4.74 Å². The fraction of sp³-hybridized carbons (Fsp3) is 0.750. The lowest BCUT2D eigenvalue weighted by atomic mass is 10.0. The standard InChI is InChI=1S/C7H12O3.C5H10O3/c1-3-6(7(9)10)4-5(2)8;1-3-8-5(7)4(2)6/h6H,3-4H2,1-2H3,(H,9,10);4,6H,3H2,1-2H3. The van der Waals surface area contributed by atoms with Gasteiger partial charge in [-0.2, -0.15) is 0 Å². The van der Waals surface area contributed by atoms with Gasteiger partial charge in [0.15, 0.2) is 0 Å². The number of esters is 1. The van der Waals surface area contributed by atoms with Gasteiger partial charge in [-0.05, 0) is 27.2 Å². The lowest BCUT2D eigenvalue weighted by Gasteiger charge is -2.04. The van der Waals surface area contributed by atoms with Gasteiger partial charge in [0.2, 0.25) is 0 Å². The van der Waals surface area contributed by atoms with E-state index in [-0.39, 0.29) is 12.2 Å². The summed E-state index contributed by atoms with van der Waals surface area (Å²) in [4.78, 5) is 31.0. The Morgan fingerprint density at radius 1 is 1.22 bits per heavy atom. The number of aliphatic hydroxyl groups is 1. The van der Waals surface area contributed by atoms with Crippen molar-refractivity contribution < 1.29 is 29.3 Å². The van der Waals surface area contributed by atoms with Gasteiger partial charge in [-0.15, -0.1) is 0 Å². The molecule has 2 unspecified atom stereocenters. The number of carboxylic acids is 1. The summed E-state index contributed by atoms with van der Waals surface area (Å²) in [6.45, 7) is 6.56. The van der Waals surface area contributed by atoms with Crippen LogP contribution in [0.1, 0.15) is 40.5 Å². The van der Waals surface area contributed by atoms with Crippen LogP contribution in [0.3, 0.4) is 0 Å². The maximum atomic E-state index is 10.5. The summed E-state index contributed by atoms with van der Waals surface area (Å²) in [5.41, 5.74) is 0. The van der Waals surface area contributed by atoms with Crippen molar-refractivity contribution in [2.45, 2.75) is 46.6 Å². The van der Waals surface area contributed by atoms with Gasteiger partial charge in [0.25, 0.3) is 0 Å². The molecular formula is C12H22O6. The van der Waals surface area contributed by atoms with Gasteiger partial charge in [0, 0.05) is 6.42 Å². The molecule has 0 bridgehead atoms. The molecule has 0 saturated heterocycles. The van der Waals surface area contributed by atoms with E-state index in [0.717, 1.165) is 0 Å². The zero-order valence-electron chi connectivity index (χ0n) is 11.3. The van der Waals surface area contributed by atoms with Crippen LogP contribution in [0.15, 0.2) is 0 Å². The van der Waals surface area contributed by atoms with Crippen molar-refractivity contribution in [3.63, 3.8) is 0 Å². The molecule has 2 N–H and O–H groups in total. The van der Waals surface area contributed by atoms with Crippen molar-refractivity contribution >= 4 is 17.7 Å². The molecule has 18 heavy (non-hydrogen) atoms. The summed E-state index contributed by atoms with van der Waals surface area (Å²) in [5.74, 6) is -1.99. The highest BCUT2D eigenvalue weighted by molar-refractivity contribution is 5.81. The van der Waals surface area contributed by atoms with Crippen LogP contribution in [0.2, 0.25) is 0 Å². The average Bonchev–Trinajstić information content (AvgIpc) is 2.26. The topological polar surface area (TPSA) is 101 Å². The number of carboxylic acid groups (broad SMARTS) is 1. The first-order valence-corrected chi connectivity index (χ1v) is 5.83. The lowest BCUT2D eigenvalue weighted by molar-refractivity contribution is -0.151. The number of aliphatic hydroxyl groups excluding tert-OH is 1. The van der Waals surface area contributed by atoms with Crippen LogP contribution >= 0.6 is 0 Å². The SMILES string of the molecule is CCC(CC(C)=O)C(=O)O.CCOC(=O)C(C)O. The minimum atomic E-state index is -0.991. The Labute approximate surface area is 107 Å². The Hall–Kier alpha value is -1.43. The Morgan fingerprint density at radius 2 is 1.72 bits per heavy atom. The summed E-state index contributed by atoms with van der Waals surface area (Å²) in [7, 11) is 0. The molecule has 0 spiro atoms. The third-order valence-corrected chi connectivity index (χ3v) is 2.00. The largest absolute Gasteiger partial charge is 0.481 e. The summed E-state index contributed by atoms with van der Waals surface area (Å²) in [6.07, 6.45) is -0.309. The van der Waals surface area contributed by atoms with E-state index < -0.39 is 24.0 Å². The molecule has 0 aliphatic heterocycles. The summed E-state index contributed by atoms with van der Waals surface area (Å²) >= 11 is 0. The van der Waals surface area contributed by atoms with Crippen molar-refractivity contribution in [1.82, 2.24) is 0 Å². The summed E-state index contributed by atoms with van der Waals surface area (Å²) < 4.78 is 4.41. The minimum Gasteiger partial charge on any atom is -0.481 e. The molecule has 0 rings (SSSR count). The Morgan fingerprint density at radius 3 is 1.83 bits per heavy atom. The number of rotatable bonds is 6.